The number of methoxy groups -OCH3 is 1. The van der Waals surface area contributed by atoms with Crippen molar-refractivity contribution in [3.8, 4) is 5.75 Å². The molecule has 0 aliphatic heterocycles. The lowest BCUT2D eigenvalue weighted by Gasteiger charge is -2.21. The molecule has 0 aliphatic rings. The Bertz CT molecular complexity index is 986. The fourth-order valence-corrected chi connectivity index (χ4v) is 4.04. The molecule has 0 saturated heterocycles. The first-order valence-corrected chi connectivity index (χ1v) is 9.61. The standard InChI is InChI=1S/C18H22ClN5O2S.ClH/c1-11-10-13(23(4)21-11)17(25)24(9-8-22(2)3)18-20-15-14(26-5)7-6-12(19)16(15)27-18;/h6-7,10H,8-9H2,1-5H3;1H. The summed E-state index contributed by atoms with van der Waals surface area (Å²) >= 11 is 7.73. The number of carbonyl (C=O) groups is 1. The number of rotatable bonds is 6. The van der Waals surface area contributed by atoms with Crippen molar-refractivity contribution in [1.29, 1.82) is 0 Å². The number of benzene rings is 1. The van der Waals surface area contributed by atoms with Crippen LogP contribution in [0.25, 0.3) is 10.2 Å². The molecule has 3 aromatic rings. The Balaban J connectivity index is 0.00000280. The number of aryl methyl sites for hydroxylation is 2. The quantitative estimate of drug-likeness (QED) is 0.581. The van der Waals surface area contributed by atoms with Gasteiger partial charge in [-0.25, -0.2) is 4.98 Å². The van der Waals surface area contributed by atoms with E-state index >= 15 is 0 Å². The van der Waals surface area contributed by atoms with E-state index in [1.54, 1.807) is 41.9 Å². The van der Waals surface area contributed by atoms with Gasteiger partial charge in [0.1, 0.15) is 17.0 Å². The van der Waals surface area contributed by atoms with Crippen molar-refractivity contribution in [2.24, 2.45) is 7.05 Å². The molecule has 10 heteroatoms. The van der Waals surface area contributed by atoms with Crippen molar-refractivity contribution in [2.75, 3.05) is 39.2 Å². The summed E-state index contributed by atoms with van der Waals surface area (Å²) in [7, 11) is 7.29. The molecule has 7 nitrogen and oxygen atoms in total. The van der Waals surface area contributed by atoms with Crippen LogP contribution < -0.4 is 9.64 Å². The molecule has 0 fully saturated rings. The number of aromatic nitrogens is 3. The van der Waals surface area contributed by atoms with E-state index in [4.69, 9.17) is 16.3 Å². The van der Waals surface area contributed by atoms with Crippen molar-refractivity contribution >= 4 is 56.6 Å². The van der Waals surface area contributed by atoms with E-state index in [1.807, 2.05) is 25.9 Å². The Hall–Kier alpha value is -1.87. The maximum absolute atomic E-state index is 13.3. The highest BCUT2D eigenvalue weighted by atomic mass is 35.5. The van der Waals surface area contributed by atoms with Gasteiger partial charge in [0.25, 0.3) is 5.91 Å². The zero-order valence-corrected chi connectivity index (χ0v) is 18.8. The van der Waals surface area contributed by atoms with Crippen LogP contribution in [0.3, 0.4) is 0 Å². The Morgan fingerprint density at radius 2 is 2.04 bits per heavy atom. The van der Waals surface area contributed by atoms with Crippen LogP contribution in [0.2, 0.25) is 5.02 Å². The summed E-state index contributed by atoms with van der Waals surface area (Å²) < 4.78 is 7.80. The smallest absolute Gasteiger partial charge is 0.278 e. The minimum absolute atomic E-state index is 0. The van der Waals surface area contributed by atoms with E-state index in [0.717, 1.165) is 10.4 Å². The number of ether oxygens (including phenoxy) is 1. The number of carbonyl (C=O) groups excluding carboxylic acids is 1. The van der Waals surface area contributed by atoms with Crippen LogP contribution in [0.4, 0.5) is 5.13 Å². The second kappa shape index (κ2) is 9.09. The summed E-state index contributed by atoms with van der Waals surface area (Å²) in [5, 5.41) is 5.46. The van der Waals surface area contributed by atoms with E-state index in [1.165, 1.54) is 11.3 Å². The molecule has 0 saturated carbocycles. The highest BCUT2D eigenvalue weighted by molar-refractivity contribution is 7.23. The fraction of sp³-hybridized carbons (Fsp3) is 0.389. The number of anilines is 1. The van der Waals surface area contributed by atoms with Gasteiger partial charge in [0.2, 0.25) is 0 Å². The first-order chi connectivity index (χ1) is 12.8. The van der Waals surface area contributed by atoms with Crippen LogP contribution in [0.1, 0.15) is 16.2 Å². The van der Waals surface area contributed by atoms with Crippen molar-refractivity contribution in [3.63, 3.8) is 0 Å². The number of halogens is 2. The van der Waals surface area contributed by atoms with E-state index in [2.05, 4.69) is 10.1 Å². The second-order valence-corrected chi connectivity index (χ2v) is 7.86. The van der Waals surface area contributed by atoms with Gasteiger partial charge in [-0.3, -0.25) is 14.4 Å². The molecule has 2 aromatic heterocycles. The number of hydrogen-bond acceptors (Lipinski definition) is 6. The number of likely N-dealkylation sites (N-methyl/N-ethyl adjacent to an activating group) is 1. The molecule has 0 aliphatic carbocycles. The monoisotopic (exact) mass is 443 g/mol. The van der Waals surface area contributed by atoms with Gasteiger partial charge < -0.3 is 9.64 Å². The van der Waals surface area contributed by atoms with Crippen molar-refractivity contribution in [1.82, 2.24) is 19.7 Å². The van der Waals surface area contributed by atoms with Crippen LogP contribution in [0, 0.1) is 6.92 Å². The molecule has 0 radical (unpaired) electrons. The highest BCUT2D eigenvalue weighted by Crippen LogP contribution is 2.39. The van der Waals surface area contributed by atoms with Crippen LogP contribution in [-0.2, 0) is 7.05 Å². The Labute approximate surface area is 179 Å². The SMILES string of the molecule is COc1ccc(Cl)c2sc(N(CCN(C)C)C(=O)c3cc(C)nn3C)nc12.Cl. The topological polar surface area (TPSA) is 63.5 Å². The largest absolute Gasteiger partial charge is 0.494 e. The lowest BCUT2D eigenvalue weighted by molar-refractivity contribution is 0.0976. The maximum Gasteiger partial charge on any atom is 0.278 e. The third kappa shape index (κ3) is 4.41. The van der Waals surface area contributed by atoms with Crippen LogP contribution in [0.15, 0.2) is 18.2 Å². The molecule has 1 amide bonds. The summed E-state index contributed by atoms with van der Waals surface area (Å²) in [5.74, 6) is 0.488. The van der Waals surface area contributed by atoms with Gasteiger partial charge in [-0.2, -0.15) is 5.10 Å². The van der Waals surface area contributed by atoms with Crippen LogP contribution in [0.5, 0.6) is 5.75 Å². The lowest BCUT2D eigenvalue weighted by Crippen LogP contribution is -2.37. The van der Waals surface area contributed by atoms with Crippen LogP contribution in [-0.4, -0.2) is 59.9 Å². The molecule has 0 unspecified atom stereocenters. The van der Waals surface area contributed by atoms with Crippen molar-refractivity contribution < 1.29 is 9.53 Å². The predicted molar refractivity (Wildman–Crippen MR) is 117 cm³/mol. The fourth-order valence-electron chi connectivity index (χ4n) is 2.75. The highest BCUT2D eigenvalue weighted by Gasteiger charge is 2.25. The molecule has 0 bridgehead atoms. The van der Waals surface area contributed by atoms with E-state index in [9.17, 15) is 4.79 Å². The number of fused-ring (bicyclic) bond motifs is 1. The molecule has 3 rings (SSSR count). The zero-order valence-electron chi connectivity index (χ0n) is 16.4. The van der Waals surface area contributed by atoms with Gasteiger partial charge in [0, 0.05) is 20.1 Å². The number of amides is 1. The molecule has 0 N–H and O–H groups in total. The van der Waals surface area contributed by atoms with Gasteiger partial charge in [0.05, 0.1) is 22.5 Å². The lowest BCUT2D eigenvalue weighted by atomic mass is 10.3. The first-order valence-electron chi connectivity index (χ1n) is 8.42. The summed E-state index contributed by atoms with van der Waals surface area (Å²) in [6, 6.07) is 5.34. The third-order valence-corrected chi connectivity index (χ3v) is 5.67. The minimum atomic E-state index is -0.144. The zero-order chi connectivity index (χ0) is 19.7. The van der Waals surface area contributed by atoms with E-state index in [-0.39, 0.29) is 18.3 Å². The molecule has 2 heterocycles. The van der Waals surface area contributed by atoms with Crippen molar-refractivity contribution in [2.45, 2.75) is 6.92 Å². The summed E-state index contributed by atoms with van der Waals surface area (Å²) in [4.78, 5) is 21.6. The molecule has 0 atom stereocenters. The number of nitrogens with zero attached hydrogens (tertiary/aromatic N) is 5. The molecular formula is C18H23Cl2N5O2S. The van der Waals surface area contributed by atoms with Gasteiger partial charge >= 0.3 is 0 Å². The molecule has 1 aromatic carbocycles. The van der Waals surface area contributed by atoms with E-state index in [0.29, 0.717) is 40.2 Å². The number of thiazole rings is 1. The average molecular weight is 444 g/mol. The van der Waals surface area contributed by atoms with E-state index < -0.39 is 0 Å². The Kier molecular flexibility index (Phi) is 7.28. The van der Waals surface area contributed by atoms with Crippen molar-refractivity contribution in [3.05, 3.63) is 34.6 Å². The summed E-state index contributed by atoms with van der Waals surface area (Å²) in [6.07, 6.45) is 0. The molecular weight excluding hydrogens is 421 g/mol. The molecule has 152 valence electrons. The number of hydrogen-bond donors (Lipinski definition) is 0. The second-order valence-electron chi connectivity index (χ2n) is 6.48. The summed E-state index contributed by atoms with van der Waals surface area (Å²) in [5.41, 5.74) is 1.97. The third-order valence-electron chi connectivity index (χ3n) is 4.14. The van der Waals surface area contributed by atoms with Gasteiger partial charge in [-0.1, -0.05) is 22.9 Å². The Morgan fingerprint density at radius 1 is 1.32 bits per heavy atom. The summed E-state index contributed by atoms with van der Waals surface area (Å²) in [6.45, 7) is 3.06. The van der Waals surface area contributed by atoms with Gasteiger partial charge in [0.15, 0.2) is 5.13 Å². The first kappa shape index (κ1) is 22.4. The average Bonchev–Trinajstić information content (AvgIpc) is 3.19. The minimum Gasteiger partial charge on any atom is -0.494 e. The van der Waals surface area contributed by atoms with Gasteiger partial charge in [-0.15, -0.1) is 12.4 Å². The predicted octanol–water partition coefficient (Wildman–Crippen LogP) is 3.63. The molecule has 0 spiro atoms. The van der Waals surface area contributed by atoms with Crippen LogP contribution >= 0.6 is 35.3 Å². The Morgan fingerprint density at radius 3 is 2.61 bits per heavy atom. The normalized spacial score (nSPS) is 11.0. The molecule has 28 heavy (non-hydrogen) atoms. The maximum atomic E-state index is 13.3. The van der Waals surface area contributed by atoms with Gasteiger partial charge in [-0.05, 0) is 39.2 Å².